The molecule has 3 N–H and O–H groups in total. The molecule has 0 fully saturated rings. The molecule has 0 saturated heterocycles. The first kappa shape index (κ1) is 47.0. The van der Waals surface area contributed by atoms with Gasteiger partial charge in [-0.15, -0.1) is 0 Å². The van der Waals surface area contributed by atoms with E-state index in [1.54, 1.807) is 4.90 Å². The molecular formula is C40H81NO5. The number of aliphatic hydroxyl groups excluding tert-OH is 2. The molecule has 0 aromatic heterocycles. The largest absolute Gasteiger partial charge is 0.481 e. The van der Waals surface area contributed by atoms with Crippen molar-refractivity contribution >= 4 is 11.9 Å². The van der Waals surface area contributed by atoms with E-state index in [1.165, 1.54) is 167 Å². The summed E-state index contributed by atoms with van der Waals surface area (Å²) in [6.07, 6.45) is 40.5. The van der Waals surface area contributed by atoms with Crippen molar-refractivity contribution in [1.29, 1.82) is 0 Å². The van der Waals surface area contributed by atoms with Crippen LogP contribution in [0.5, 0.6) is 0 Å². The Hall–Kier alpha value is -1.14. The summed E-state index contributed by atoms with van der Waals surface area (Å²) in [5, 5.41) is 26.4. The van der Waals surface area contributed by atoms with Crippen molar-refractivity contribution in [2.45, 2.75) is 219 Å². The molecule has 0 heterocycles. The molecule has 0 saturated carbocycles. The smallest absolute Gasteiger partial charge is 0.303 e. The Labute approximate surface area is 286 Å². The molecule has 0 aliphatic carbocycles. The second-order valence-electron chi connectivity index (χ2n) is 13.6. The maximum absolute atomic E-state index is 12.0. The minimum atomic E-state index is -0.653. The summed E-state index contributed by atoms with van der Waals surface area (Å²) in [5.74, 6) is -0.595. The van der Waals surface area contributed by atoms with Gasteiger partial charge in [0, 0.05) is 25.9 Å². The van der Waals surface area contributed by atoms with Crippen LogP contribution in [0.1, 0.15) is 219 Å². The van der Waals surface area contributed by atoms with Crippen LogP contribution in [0, 0.1) is 0 Å². The minimum absolute atomic E-state index is 0.0371. The maximum atomic E-state index is 12.0. The number of nitrogens with zero attached hydrogens (tertiary/aromatic N) is 1. The molecule has 1 amide bonds. The first-order chi connectivity index (χ1) is 22.5. The van der Waals surface area contributed by atoms with Crippen molar-refractivity contribution in [3.63, 3.8) is 0 Å². The van der Waals surface area contributed by atoms with Crippen LogP contribution in [0.4, 0.5) is 0 Å². The van der Waals surface area contributed by atoms with Crippen LogP contribution in [0.15, 0.2) is 0 Å². The van der Waals surface area contributed by atoms with Gasteiger partial charge in [-0.2, -0.15) is 0 Å². The second-order valence-corrected chi connectivity index (χ2v) is 13.6. The van der Waals surface area contributed by atoms with Gasteiger partial charge < -0.3 is 20.2 Å². The molecule has 6 nitrogen and oxygen atoms in total. The highest BCUT2D eigenvalue weighted by Crippen LogP contribution is 2.15. The van der Waals surface area contributed by atoms with Gasteiger partial charge in [-0.1, -0.05) is 194 Å². The summed E-state index contributed by atoms with van der Waals surface area (Å²) in [6.45, 7) is 5.13. The third-order valence-electron chi connectivity index (χ3n) is 9.08. The molecule has 0 atom stereocenters. The molecular weight excluding hydrogens is 574 g/mol. The van der Waals surface area contributed by atoms with E-state index in [0.29, 0.717) is 25.9 Å². The van der Waals surface area contributed by atoms with Crippen LogP contribution < -0.4 is 0 Å². The maximum Gasteiger partial charge on any atom is 0.303 e. The summed E-state index contributed by atoms with van der Waals surface area (Å²) in [5.41, 5.74) is 0. The van der Waals surface area contributed by atoms with Crippen LogP contribution in [0.2, 0.25) is 0 Å². The zero-order chi connectivity index (χ0) is 34.2. The van der Waals surface area contributed by atoms with Gasteiger partial charge in [0.05, 0.1) is 13.2 Å². The van der Waals surface area contributed by atoms with Crippen LogP contribution in [0.25, 0.3) is 0 Å². The number of carboxylic acid groups (broad SMARTS) is 1. The fourth-order valence-electron chi connectivity index (χ4n) is 6.06. The van der Waals surface area contributed by atoms with Crippen LogP contribution in [-0.2, 0) is 9.59 Å². The summed E-state index contributed by atoms with van der Waals surface area (Å²) < 4.78 is 0. The lowest BCUT2D eigenvalue weighted by molar-refractivity contribution is -0.137. The van der Waals surface area contributed by atoms with Gasteiger partial charge in [0.15, 0.2) is 0 Å². The van der Waals surface area contributed by atoms with E-state index >= 15 is 0 Å². The van der Waals surface area contributed by atoms with Gasteiger partial charge >= 0.3 is 5.97 Å². The van der Waals surface area contributed by atoms with Crippen molar-refractivity contribution in [2.24, 2.45) is 0 Å². The average molecular weight is 656 g/mol. The monoisotopic (exact) mass is 656 g/mol. The quantitative estimate of drug-likeness (QED) is 0.0583. The Morgan fingerprint density at radius 3 is 0.870 bits per heavy atom. The molecule has 276 valence electrons. The zero-order valence-electron chi connectivity index (χ0n) is 31.1. The lowest BCUT2D eigenvalue weighted by Gasteiger charge is -2.20. The molecule has 0 bridgehead atoms. The molecule has 0 radical (unpaired) electrons. The number of unbranched alkanes of at least 4 members (excludes halogenated alkanes) is 28. The van der Waals surface area contributed by atoms with Crippen LogP contribution >= 0.6 is 0 Å². The predicted molar refractivity (Wildman–Crippen MR) is 197 cm³/mol. The summed E-state index contributed by atoms with van der Waals surface area (Å²) in [7, 11) is 0. The van der Waals surface area contributed by atoms with Crippen molar-refractivity contribution in [1.82, 2.24) is 4.90 Å². The Balaban J connectivity index is 0. The molecule has 0 aromatic carbocycles. The van der Waals surface area contributed by atoms with Crippen LogP contribution in [-0.4, -0.2) is 58.4 Å². The summed E-state index contributed by atoms with van der Waals surface area (Å²) in [4.78, 5) is 23.9. The predicted octanol–water partition coefficient (Wildman–Crippen LogP) is 11.4. The standard InChI is InChI=1S/C22H45NO3.C18H36O2/c1-2-3-4-5-6-7-8-9-10-11-12-13-14-15-16-17-22(26)23(18-20-24)19-21-25;1-2-3-4-5-6-7-8-9-10-11-12-13-14-15-16-17-18(19)20/h24-25H,2-21H2,1H3;2-17H2,1H3,(H,19,20). The van der Waals surface area contributed by atoms with Crippen molar-refractivity contribution < 1.29 is 24.9 Å². The van der Waals surface area contributed by atoms with Crippen molar-refractivity contribution in [3.8, 4) is 0 Å². The molecule has 0 unspecified atom stereocenters. The van der Waals surface area contributed by atoms with E-state index < -0.39 is 5.97 Å². The van der Waals surface area contributed by atoms with Gasteiger partial charge in [0.25, 0.3) is 0 Å². The first-order valence-electron chi connectivity index (χ1n) is 20.2. The Kier molecular flexibility index (Phi) is 42.8. The topological polar surface area (TPSA) is 98.1 Å². The molecule has 0 spiro atoms. The Morgan fingerprint density at radius 1 is 0.391 bits per heavy atom. The number of carbonyl (C=O) groups excluding carboxylic acids is 1. The number of rotatable bonds is 36. The minimum Gasteiger partial charge on any atom is -0.481 e. The molecule has 0 aromatic rings. The number of aliphatic hydroxyl groups is 2. The average Bonchev–Trinajstić information content (AvgIpc) is 3.04. The molecule has 0 rings (SSSR count). The number of aliphatic carboxylic acids is 1. The lowest BCUT2D eigenvalue weighted by Crippen LogP contribution is -2.35. The number of hydrogen-bond donors (Lipinski definition) is 3. The molecule has 6 heteroatoms. The highest BCUT2D eigenvalue weighted by molar-refractivity contribution is 5.76. The fraction of sp³-hybridized carbons (Fsp3) is 0.950. The summed E-state index contributed by atoms with van der Waals surface area (Å²) in [6, 6.07) is 0. The van der Waals surface area contributed by atoms with E-state index in [1.807, 2.05) is 0 Å². The SMILES string of the molecule is CCCCCCCCCCCCCCCCCC(=O)N(CCO)CCO.CCCCCCCCCCCCCCCCCC(=O)O. The van der Waals surface area contributed by atoms with Crippen molar-refractivity contribution in [2.75, 3.05) is 26.3 Å². The first-order valence-corrected chi connectivity index (χ1v) is 20.2. The number of amides is 1. The van der Waals surface area contributed by atoms with Gasteiger partial charge in [0.1, 0.15) is 0 Å². The van der Waals surface area contributed by atoms with E-state index in [-0.39, 0.29) is 19.1 Å². The van der Waals surface area contributed by atoms with Gasteiger partial charge in [-0.05, 0) is 12.8 Å². The van der Waals surface area contributed by atoms with Gasteiger partial charge in [0.2, 0.25) is 5.91 Å². The van der Waals surface area contributed by atoms with E-state index in [9.17, 15) is 9.59 Å². The normalized spacial score (nSPS) is 11.0. The van der Waals surface area contributed by atoms with E-state index in [4.69, 9.17) is 15.3 Å². The third kappa shape index (κ3) is 40.9. The molecule has 0 aliphatic rings. The van der Waals surface area contributed by atoms with Crippen LogP contribution in [0.3, 0.4) is 0 Å². The summed E-state index contributed by atoms with van der Waals surface area (Å²) >= 11 is 0. The zero-order valence-corrected chi connectivity index (χ0v) is 31.1. The molecule has 0 aliphatic heterocycles. The lowest BCUT2D eigenvalue weighted by atomic mass is 10.0. The van der Waals surface area contributed by atoms with E-state index in [0.717, 1.165) is 25.7 Å². The highest BCUT2D eigenvalue weighted by atomic mass is 16.4. The highest BCUT2D eigenvalue weighted by Gasteiger charge is 2.11. The Bertz CT molecular complexity index is 594. The number of carbonyl (C=O) groups is 2. The number of hydrogen-bond acceptors (Lipinski definition) is 4. The second kappa shape index (κ2) is 41.9. The van der Waals surface area contributed by atoms with Crippen molar-refractivity contribution in [3.05, 3.63) is 0 Å². The number of carboxylic acids is 1. The van der Waals surface area contributed by atoms with E-state index in [2.05, 4.69) is 13.8 Å². The third-order valence-corrected chi connectivity index (χ3v) is 9.08. The fourth-order valence-corrected chi connectivity index (χ4v) is 6.06. The van der Waals surface area contributed by atoms with Gasteiger partial charge in [-0.3, -0.25) is 9.59 Å². The molecule has 46 heavy (non-hydrogen) atoms. The van der Waals surface area contributed by atoms with Gasteiger partial charge in [-0.25, -0.2) is 0 Å². The Morgan fingerprint density at radius 2 is 0.630 bits per heavy atom.